The molecule has 12 nitrogen and oxygen atoms in total. The maximum atomic E-state index is 5.65. The molecule has 0 aromatic carbocycles. The molecule has 0 aliphatic heterocycles. The zero-order chi connectivity index (χ0) is 33.8. The quantitative estimate of drug-likeness (QED) is 0.0828. The summed E-state index contributed by atoms with van der Waals surface area (Å²) in [4.78, 5) is 0. The van der Waals surface area contributed by atoms with E-state index in [0.29, 0.717) is 145 Å². The van der Waals surface area contributed by atoms with Crippen molar-refractivity contribution in [2.75, 3.05) is 159 Å². The van der Waals surface area contributed by atoms with Crippen LogP contribution in [-0.4, -0.2) is 159 Å². The molecule has 47 heavy (non-hydrogen) atoms. The first-order valence-electron chi connectivity index (χ1n) is 18.3. The smallest absolute Gasteiger partial charge is 0.0701 e. The fourth-order valence-corrected chi connectivity index (χ4v) is 4.14. The third kappa shape index (κ3) is 45.5. The van der Waals surface area contributed by atoms with E-state index in [2.05, 4.69) is 6.92 Å². The molecule has 0 aliphatic rings. The Morgan fingerprint density at radius 2 is 0.404 bits per heavy atom. The predicted molar refractivity (Wildman–Crippen MR) is 183 cm³/mol. The Bertz CT molecular complexity index is 489. The highest BCUT2D eigenvalue weighted by Crippen LogP contribution is 2.10. The highest BCUT2D eigenvalue weighted by molar-refractivity contribution is 4.47. The molecule has 0 heterocycles. The molecule has 0 aromatic rings. The largest absolute Gasteiger partial charge is 0.382 e. The Balaban J connectivity index is 3.03. The summed E-state index contributed by atoms with van der Waals surface area (Å²) in [5, 5.41) is 0. The molecule has 0 amide bonds. The number of ether oxygens (including phenoxy) is 12. The van der Waals surface area contributed by atoms with Crippen molar-refractivity contribution in [1.29, 1.82) is 0 Å². The SMILES string of the molecule is CCCCCCCCCCCCOCCOCCOCCOCCOCCOCCOCCOCCOCCOCCOCCOC. The van der Waals surface area contributed by atoms with Gasteiger partial charge in [-0.1, -0.05) is 64.7 Å². The fourth-order valence-electron chi connectivity index (χ4n) is 4.14. The maximum absolute atomic E-state index is 5.65. The standard InChI is InChI=1S/C35H72O12/c1-3-4-5-6-7-8-9-10-11-12-13-37-16-17-39-20-21-41-24-25-43-28-29-45-32-33-47-35-34-46-31-30-44-27-26-42-23-22-40-19-18-38-15-14-36-2/h3-35H2,1-2H3. The van der Waals surface area contributed by atoms with Crippen LogP contribution in [0.4, 0.5) is 0 Å². The third-order valence-corrected chi connectivity index (χ3v) is 6.79. The molecule has 0 spiro atoms. The van der Waals surface area contributed by atoms with Gasteiger partial charge in [0.15, 0.2) is 0 Å². The maximum Gasteiger partial charge on any atom is 0.0701 e. The van der Waals surface area contributed by atoms with Crippen LogP contribution in [0.2, 0.25) is 0 Å². The minimum Gasteiger partial charge on any atom is -0.382 e. The molecular weight excluding hydrogens is 612 g/mol. The second-order valence-corrected chi connectivity index (χ2v) is 10.9. The van der Waals surface area contributed by atoms with Gasteiger partial charge < -0.3 is 56.8 Å². The Morgan fingerprint density at radius 1 is 0.213 bits per heavy atom. The molecule has 0 fully saturated rings. The first-order chi connectivity index (χ1) is 23.4. The van der Waals surface area contributed by atoms with Crippen molar-refractivity contribution in [3.05, 3.63) is 0 Å². The highest BCUT2D eigenvalue weighted by Gasteiger charge is 1.97. The Morgan fingerprint density at radius 3 is 0.638 bits per heavy atom. The number of hydrogen-bond donors (Lipinski definition) is 0. The molecule has 0 saturated carbocycles. The summed E-state index contributed by atoms with van der Waals surface area (Å²) in [5.41, 5.74) is 0. The van der Waals surface area contributed by atoms with E-state index in [0.717, 1.165) is 13.0 Å². The summed E-state index contributed by atoms with van der Waals surface area (Å²) in [7, 11) is 1.65. The monoisotopic (exact) mass is 685 g/mol. The van der Waals surface area contributed by atoms with Crippen LogP contribution < -0.4 is 0 Å². The zero-order valence-electron chi connectivity index (χ0n) is 30.2. The predicted octanol–water partition coefficient (Wildman–Crippen LogP) is 4.74. The van der Waals surface area contributed by atoms with E-state index >= 15 is 0 Å². The van der Waals surface area contributed by atoms with Crippen LogP contribution in [0.3, 0.4) is 0 Å². The molecule has 0 bridgehead atoms. The lowest BCUT2D eigenvalue weighted by atomic mass is 10.1. The van der Waals surface area contributed by atoms with Gasteiger partial charge in [0.1, 0.15) is 0 Å². The molecule has 0 aliphatic carbocycles. The third-order valence-electron chi connectivity index (χ3n) is 6.79. The van der Waals surface area contributed by atoms with Gasteiger partial charge in [0, 0.05) is 13.7 Å². The summed E-state index contributed by atoms with van der Waals surface area (Å²) < 4.78 is 65.2. The lowest BCUT2D eigenvalue weighted by Crippen LogP contribution is -2.15. The molecule has 0 aromatic heterocycles. The second-order valence-electron chi connectivity index (χ2n) is 10.9. The van der Waals surface area contributed by atoms with Crippen molar-refractivity contribution >= 4 is 0 Å². The van der Waals surface area contributed by atoms with Crippen LogP contribution in [0.25, 0.3) is 0 Å². The van der Waals surface area contributed by atoms with Gasteiger partial charge in [0.25, 0.3) is 0 Å². The van der Waals surface area contributed by atoms with E-state index in [-0.39, 0.29) is 0 Å². The minimum absolute atomic E-state index is 0.522. The van der Waals surface area contributed by atoms with Gasteiger partial charge >= 0.3 is 0 Å². The van der Waals surface area contributed by atoms with E-state index in [1.807, 2.05) is 0 Å². The Hall–Kier alpha value is -0.480. The first-order valence-corrected chi connectivity index (χ1v) is 18.3. The molecule has 0 rings (SSSR count). The lowest BCUT2D eigenvalue weighted by Gasteiger charge is -2.09. The van der Waals surface area contributed by atoms with Crippen LogP contribution in [0.5, 0.6) is 0 Å². The number of methoxy groups -OCH3 is 1. The minimum atomic E-state index is 0.522. The van der Waals surface area contributed by atoms with Crippen molar-refractivity contribution in [2.24, 2.45) is 0 Å². The van der Waals surface area contributed by atoms with Crippen LogP contribution >= 0.6 is 0 Å². The summed E-state index contributed by atoms with van der Waals surface area (Å²) >= 11 is 0. The number of hydrogen-bond acceptors (Lipinski definition) is 12. The van der Waals surface area contributed by atoms with Crippen molar-refractivity contribution < 1.29 is 56.8 Å². The zero-order valence-corrected chi connectivity index (χ0v) is 30.2. The fraction of sp³-hybridized carbons (Fsp3) is 1.00. The summed E-state index contributed by atoms with van der Waals surface area (Å²) in [6.07, 6.45) is 13.4. The van der Waals surface area contributed by atoms with Gasteiger partial charge in [-0.3, -0.25) is 0 Å². The van der Waals surface area contributed by atoms with Crippen LogP contribution in [0, 0.1) is 0 Å². The van der Waals surface area contributed by atoms with Crippen molar-refractivity contribution in [3.8, 4) is 0 Å². The second kappa shape index (κ2) is 45.5. The summed E-state index contributed by atoms with van der Waals surface area (Å²) in [6.45, 7) is 15.2. The van der Waals surface area contributed by atoms with Crippen LogP contribution in [0.15, 0.2) is 0 Å². The van der Waals surface area contributed by atoms with Crippen LogP contribution in [-0.2, 0) is 56.8 Å². The van der Waals surface area contributed by atoms with Crippen LogP contribution in [0.1, 0.15) is 71.1 Å². The molecule has 0 unspecified atom stereocenters. The average Bonchev–Trinajstić information content (AvgIpc) is 3.08. The average molecular weight is 685 g/mol. The summed E-state index contributed by atoms with van der Waals surface area (Å²) in [5.74, 6) is 0. The van der Waals surface area contributed by atoms with Crippen molar-refractivity contribution in [2.45, 2.75) is 71.1 Å². The molecule has 12 heteroatoms. The van der Waals surface area contributed by atoms with Gasteiger partial charge in [0.2, 0.25) is 0 Å². The van der Waals surface area contributed by atoms with E-state index in [1.54, 1.807) is 7.11 Å². The molecule has 0 N–H and O–H groups in total. The first kappa shape index (κ1) is 46.5. The number of unbranched alkanes of at least 4 members (excludes halogenated alkanes) is 9. The Labute approximate surface area is 287 Å². The van der Waals surface area contributed by atoms with Gasteiger partial charge in [-0.15, -0.1) is 0 Å². The topological polar surface area (TPSA) is 111 Å². The van der Waals surface area contributed by atoms with Crippen molar-refractivity contribution in [1.82, 2.24) is 0 Å². The van der Waals surface area contributed by atoms with E-state index in [9.17, 15) is 0 Å². The van der Waals surface area contributed by atoms with E-state index < -0.39 is 0 Å². The van der Waals surface area contributed by atoms with E-state index in [4.69, 9.17) is 56.8 Å². The summed E-state index contributed by atoms with van der Waals surface area (Å²) in [6, 6.07) is 0. The van der Waals surface area contributed by atoms with Crippen molar-refractivity contribution in [3.63, 3.8) is 0 Å². The Kier molecular flexibility index (Phi) is 45.1. The molecule has 0 radical (unpaired) electrons. The molecule has 284 valence electrons. The number of rotatable bonds is 44. The highest BCUT2D eigenvalue weighted by atomic mass is 16.6. The lowest BCUT2D eigenvalue weighted by molar-refractivity contribution is -0.0280. The normalized spacial score (nSPS) is 11.6. The van der Waals surface area contributed by atoms with Gasteiger partial charge in [-0.2, -0.15) is 0 Å². The molecular formula is C35H72O12. The molecule has 0 saturated heterocycles. The van der Waals surface area contributed by atoms with Gasteiger partial charge in [-0.05, 0) is 6.42 Å². The van der Waals surface area contributed by atoms with Gasteiger partial charge in [-0.25, -0.2) is 0 Å². The van der Waals surface area contributed by atoms with Gasteiger partial charge in [0.05, 0.1) is 145 Å². The molecule has 0 atom stereocenters. The van der Waals surface area contributed by atoms with E-state index in [1.165, 1.54) is 57.8 Å².